The maximum atomic E-state index is 12.3. The van der Waals surface area contributed by atoms with Gasteiger partial charge in [-0.15, -0.1) is 0 Å². The number of aliphatic hydroxyl groups is 1. The van der Waals surface area contributed by atoms with Crippen LogP contribution in [-0.4, -0.2) is 40.0 Å². The molecule has 2 rings (SSSR count). The second-order valence-corrected chi connectivity index (χ2v) is 4.63. The molecule has 0 saturated carbocycles. The van der Waals surface area contributed by atoms with Crippen LogP contribution < -0.4 is 0 Å². The van der Waals surface area contributed by atoms with Gasteiger partial charge >= 0.3 is 0 Å². The zero-order chi connectivity index (χ0) is 13.8. The van der Waals surface area contributed by atoms with Crippen LogP contribution in [0.5, 0.6) is 0 Å². The summed E-state index contributed by atoms with van der Waals surface area (Å²) in [4.78, 5) is 24.0. The SMILES string of the molecule is O=C(c1ccc([N+](=O)[O-])cc1)N1CCCCC1CO. The number of rotatable bonds is 3. The van der Waals surface area contributed by atoms with E-state index in [0.29, 0.717) is 12.1 Å². The Morgan fingerprint density at radius 2 is 2.05 bits per heavy atom. The van der Waals surface area contributed by atoms with Gasteiger partial charge in [0.2, 0.25) is 0 Å². The third-order valence-corrected chi connectivity index (χ3v) is 3.42. The molecule has 0 aromatic heterocycles. The normalized spacial score (nSPS) is 19.2. The Kier molecular flexibility index (Phi) is 4.11. The Morgan fingerprint density at radius 3 is 2.63 bits per heavy atom. The van der Waals surface area contributed by atoms with Crippen molar-refractivity contribution >= 4 is 11.6 Å². The Labute approximate surface area is 110 Å². The number of hydrogen-bond donors (Lipinski definition) is 1. The first-order valence-electron chi connectivity index (χ1n) is 6.30. The van der Waals surface area contributed by atoms with Gasteiger partial charge in [-0.3, -0.25) is 14.9 Å². The molecule has 1 heterocycles. The third kappa shape index (κ3) is 2.90. The molecule has 1 aromatic carbocycles. The molecule has 1 aliphatic rings. The predicted molar refractivity (Wildman–Crippen MR) is 68.9 cm³/mol. The number of nitrogens with zero attached hydrogens (tertiary/aromatic N) is 2. The molecule has 6 nitrogen and oxygen atoms in total. The molecule has 1 fully saturated rings. The lowest BCUT2D eigenvalue weighted by Gasteiger charge is -2.34. The molecule has 1 saturated heterocycles. The van der Waals surface area contributed by atoms with Gasteiger partial charge < -0.3 is 10.0 Å². The lowest BCUT2D eigenvalue weighted by Crippen LogP contribution is -2.45. The minimum absolute atomic E-state index is 0.0334. The highest BCUT2D eigenvalue weighted by Gasteiger charge is 2.26. The fourth-order valence-corrected chi connectivity index (χ4v) is 2.35. The highest BCUT2D eigenvalue weighted by atomic mass is 16.6. The largest absolute Gasteiger partial charge is 0.394 e. The number of hydrogen-bond acceptors (Lipinski definition) is 4. The van der Waals surface area contributed by atoms with Gasteiger partial charge in [0.05, 0.1) is 17.6 Å². The highest BCUT2D eigenvalue weighted by Crippen LogP contribution is 2.20. The van der Waals surface area contributed by atoms with Crippen molar-refractivity contribution in [2.75, 3.05) is 13.2 Å². The van der Waals surface area contributed by atoms with Crippen molar-refractivity contribution in [3.05, 3.63) is 39.9 Å². The van der Waals surface area contributed by atoms with Crippen molar-refractivity contribution in [3.8, 4) is 0 Å². The highest BCUT2D eigenvalue weighted by molar-refractivity contribution is 5.94. The molecule has 1 amide bonds. The minimum atomic E-state index is -0.494. The van der Waals surface area contributed by atoms with Crippen LogP contribution in [0.25, 0.3) is 0 Å². The predicted octanol–water partition coefficient (Wildman–Crippen LogP) is 1.58. The van der Waals surface area contributed by atoms with E-state index in [1.807, 2.05) is 0 Å². The van der Waals surface area contributed by atoms with Crippen molar-refractivity contribution in [1.29, 1.82) is 0 Å². The number of nitro benzene ring substituents is 1. The summed E-state index contributed by atoms with van der Waals surface area (Å²) in [6.07, 6.45) is 2.74. The number of carbonyl (C=O) groups excluding carboxylic acids is 1. The second kappa shape index (κ2) is 5.79. The third-order valence-electron chi connectivity index (χ3n) is 3.42. The molecular weight excluding hydrogens is 248 g/mol. The molecule has 0 spiro atoms. The van der Waals surface area contributed by atoms with Gasteiger partial charge in [0.1, 0.15) is 0 Å². The average molecular weight is 264 g/mol. The van der Waals surface area contributed by atoms with E-state index in [1.54, 1.807) is 4.90 Å². The van der Waals surface area contributed by atoms with Gasteiger partial charge in [0, 0.05) is 24.2 Å². The molecule has 1 aromatic rings. The molecule has 6 heteroatoms. The number of benzene rings is 1. The molecule has 1 N–H and O–H groups in total. The van der Waals surface area contributed by atoms with E-state index >= 15 is 0 Å². The van der Waals surface area contributed by atoms with Crippen LogP contribution in [0.1, 0.15) is 29.6 Å². The van der Waals surface area contributed by atoms with Crippen LogP contribution >= 0.6 is 0 Å². The number of nitro groups is 1. The maximum Gasteiger partial charge on any atom is 0.269 e. The quantitative estimate of drug-likeness (QED) is 0.663. The summed E-state index contributed by atoms with van der Waals surface area (Å²) in [6.45, 7) is 0.583. The van der Waals surface area contributed by atoms with E-state index in [1.165, 1.54) is 24.3 Å². The van der Waals surface area contributed by atoms with Crippen molar-refractivity contribution in [1.82, 2.24) is 4.90 Å². The van der Waals surface area contributed by atoms with Crippen LogP contribution in [0, 0.1) is 10.1 Å². The van der Waals surface area contributed by atoms with Crippen LogP contribution in [0.4, 0.5) is 5.69 Å². The molecule has 102 valence electrons. The van der Waals surface area contributed by atoms with Gasteiger partial charge in [-0.25, -0.2) is 0 Å². The van der Waals surface area contributed by atoms with E-state index < -0.39 is 4.92 Å². The maximum absolute atomic E-state index is 12.3. The standard InChI is InChI=1S/C13H16N2O4/c16-9-12-3-1-2-8-14(12)13(17)10-4-6-11(7-5-10)15(18)19/h4-7,12,16H,1-3,8-9H2. The van der Waals surface area contributed by atoms with Crippen molar-refractivity contribution in [2.24, 2.45) is 0 Å². The molecule has 0 radical (unpaired) electrons. The van der Waals surface area contributed by atoms with E-state index in [-0.39, 0.29) is 24.2 Å². The number of carbonyl (C=O) groups is 1. The van der Waals surface area contributed by atoms with Gasteiger partial charge in [-0.2, -0.15) is 0 Å². The molecule has 19 heavy (non-hydrogen) atoms. The summed E-state index contributed by atoms with van der Waals surface area (Å²) >= 11 is 0. The summed E-state index contributed by atoms with van der Waals surface area (Å²) in [7, 11) is 0. The van der Waals surface area contributed by atoms with Crippen molar-refractivity contribution < 1.29 is 14.8 Å². The Balaban J connectivity index is 2.16. The summed E-state index contributed by atoms with van der Waals surface area (Å²) in [5.41, 5.74) is 0.389. The molecule has 0 bridgehead atoms. The first kappa shape index (κ1) is 13.5. The summed E-state index contributed by atoms with van der Waals surface area (Å²) < 4.78 is 0. The topological polar surface area (TPSA) is 83.7 Å². The lowest BCUT2D eigenvalue weighted by molar-refractivity contribution is -0.384. The van der Waals surface area contributed by atoms with Gasteiger partial charge in [0.25, 0.3) is 11.6 Å². The molecule has 1 aliphatic heterocycles. The fourth-order valence-electron chi connectivity index (χ4n) is 2.35. The van der Waals surface area contributed by atoms with Gasteiger partial charge in [-0.05, 0) is 31.4 Å². The first-order chi connectivity index (χ1) is 9.13. The van der Waals surface area contributed by atoms with E-state index in [2.05, 4.69) is 0 Å². The number of aliphatic hydroxyl groups excluding tert-OH is 1. The Bertz CT molecular complexity index is 472. The number of likely N-dealkylation sites (tertiary alicyclic amines) is 1. The minimum Gasteiger partial charge on any atom is -0.394 e. The first-order valence-corrected chi connectivity index (χ1v) is 6.30. The van der Waals surface area contributed by atoms with Crippen LogP contribution in [0.15, 0.2) is 24.3 Å². The molecule has 1 unspecified atom stereocenters. The van der Waals surface area contributed by atoms with E-state index in [9.17, 15) is 20.0 Å². The van der Waals surface area contributed by atoms with E-state index in [0.717, 1.165) is 19.3 Å². The monoisotopic (exact) mass is 264 g/mol. The van der Waals surface area contributed by atoms with Crippen LogP contribution in [-0.2, 0) is 0 Å². The van der Waals surface area contributed by atoms with Gasteiger partial charge in [0.15, 0.2) is 0 Å². The number of amides is 1. The van der Waals surface area contributed by atoms with Crippen LogP contribution in [0.3, 0.4) is 0 Å². The Morgan fingerprint density at radius 1 is 1.37 bits per heavy atom. The summed E-state index contributed by atoms with van der Waals surface area (Å²) in [5, 5.41) is 19.9. The number of non-ortho nitro benzene ring substituents is 1. The van der Waals surface area contributed by atoms with Crippen LogP contribution in [0.2, 0.25) is 0 Å². The smallest absolute Gasteiger partial charge is 0.269 e. The van der Waals surface area contributed by atoms with E-state index in [4.69, 9.17) is 0 Å². The van der Waals surface area contributed by atoms with Crippen molar-refractivity contribution in [3.63, 3.8) is 0 Å². The summed E-state index contributed by atoms with van der Waals surface area (Å²) in [6, 6.07) is 5.43. The zero-order valence-corrected chi connectivity index (χ0v) is 10.5. The van der Waals surface area contributed by atoms with Gasteiger partial charge in [-0.1, -0.05) is 0 Å². The lowest BCUT2D eigenvalue weighted by atomic mass is 10.0. The second-order valence-electron chi connectivity index (χ2n) is 4.63. The summed E-state index contributed by atoms with van der Waals surface area (Å²) in [5.74, 6) is -0.173. The fraction of sp³-hybridized carbons (Fsp3) is 0.462. The Hall–Kier alpha value is -1.95. The number of piperidine rings is 1. The average Bonchev–Trinajstić information content (AvgIpc) is 2.46. The molecule has 0 aliphatic carbocycles. The molecule has 1 atom stereocenters. The van der Waals surface area contributed by atoms with Crippen molar-refractivity contribution in [2.45, 2.75) is 25.3 Å². The zero-order valence-electron chi connectivity index (χ0n) is 10.5. The molecular formula is C13H16N2O4.